The van der Waals surface area contributed by atoms with Gasteiger partial charge < -0.3 is 9.80 Å². The van der Waals surface area contributed by atoms with E-state index in [9.17, 15) is 0 Å². The lowest BCUT2D eigenvalue weighted by Crippen LogP contribution is -2.23. The SMILES string of the molecule is CC(C)=C1N(C)c2cccc(C)c2N1C. The van der Waals surface area contributed by atoms with Gasteiger partial charge in [-0.1, -0.05) is 12.1 Å². The quantitative estimate of drug-likeness (QED) is 0.637. The Kier molecular flexibility index (Phi) is 2.22. The number of benzene rings is 1. The molecule has 1 aromatic carbocycles. The van der Waals surface area contributed by atoms with Gasteiger partial charge in [-0.25, -0.2) is 0 Å². The van der Waals surface area contributed by atoms with Crippen LogP contribution in [0.3, 0.4) is 0 Å². The summed E-state index contributed by atoms with van der Waals surface area (Å²) in [5, 5.41) is 0. The zero-order valence-corrected chi connectivity index (χ0v) is 10.1. The third kappa shape index (κ3) is 1.32. The molecule has 0 unspecified atom stereocenters. The Balaban J connectivity index is 2.66. The average Bonchev–Trinajstić information content (AvgIpc) is 2.40. The third-order valence-corrected chi connectivity index (χ3v) is 3.00. The lowest BCUT2D eigenvalue weighted by atomic mass is 10.1. The fraction of sp³-hybridized carbons (Fsp3) is 0.385. The molecular weight excluding hydrogens is 184 g/mol. The van der Waals surface area contributed by atoms with Gasteiger partial charge in [0.25, 0.3) is 0 Å². The molecule has 1 aliphatic rings. The Hall–Kier alpha value is -1.44. The van der Waals surface area contributed by atoms with Crippen LogP contribution in [0.2, 0.25) is 0 Å². The number of hydrogen-bond donors (Lipinski definition) is 0. The number of fused-ring (bicyclic) bond motifs is 1. The van der Waals surface area contributed by atoms with E-state index < -0.39 is 0 Å². The van der Waals surface area contributed by atoms with Crippen molar-refractivity contribution in [3.8, 4) is 0 Å². The molecule has 2 nitrogen and oxygen atoms in total. The summed E-state index contributed by atoms with van der Waals surface area (Å²) in [4.78, 5) is 4.54. The molecule has 0 fully saturated rings. The molecule has 0 spiro atoms. The molecule has 1 heterocycles. The van der Waals surface area contributed by atoms with Gasteiger partial charge in [0.15, 0.2) is 0 Å². The van der Waals surface area contributed by atoms with Gasteiger partial charge in [-0.2, -0.15) is 0 Å². The number of aryl methyl sites for hydroxylation is 1. The van der Waals surface area contributed by atoms with Crippen LogP contribution in [0.5, 0.6) is 0 Å². The average molecular weight is 202 g/mol. The van der Waals surface area contributed by atoms with E-state index in [1.165, 1.54) is 28.3 Å². The fourth-order valence-corrected chi connectivity index (χ4v) is 2.47. The van der Waals surface area contributed by atoms with E-state index in [1.54, 1.807) is 0 Å². The van der Waals surface area contributed by atoms with Crippen LogP contribution in [-0.4, -0.2) is 14.1 Å². The van der Waals surface area contributed by atoms with E-state index >= 15 is 0 Å². The topological polar surface area (TPSA) is 6.48 Å². The zero-order chi connectivity index (χ0) is 11.2. The Morgan fingerprint density at radius 2 is 1.73 bits per heavy atom. The molecule has 0 saturated carbocycles. The smallest absolute Gasteiger partial charge is 0.111 e. The van der Waals surface area contributed by atoms with Crippen molar-refractivity contribution in [2.45, 2.75) is 20.8 Å². The maximum atomic E-state index is 2.28. The highest BCUT2D eigenvalue weighted by molar-refractivity contribution is 5.84. The van der Waals surface area contributed by atoms with Gasteiger partial charge in [0.2, 0.25) is 0 Å². The highest BCUT2D eigenvalue weighted by Crippen LogP contribution is 2.42. The monoisotopic (exact) mass is 202 g/mol. The van der Waals surface area contributed by atoms with Crippen molar-refractivity contribution in [1.29, 1.82) is 0 Å². The van der Waals surface area contributed by atoms with Crippen LogP contribution in [0.15, 0.2) is 29.6 Å². The molecule has 1 aliphatic heterocycles. The second-order valence-corrected chi connectivity index (χ2v) is 4.38. The normalized spacial score (nSPS) is 14.6. The summed E-state index contributed by atoms with van der Waals surface area (Å²) >= 11 is 0. The first kappa shape index (κ1) is 10.1. The number of para-hydroxylation sites is 1. The van der Waals surface area contributed by atoms with Crippen molar-refractivity contribution in [2.75, 3.05) is 23.9 Å². The number of nitrogens with zero attached hydrogens (tertiary/aromatic N) is 2. The minimum Gasteiger partial charge on any atom is -0.329 e. The lowest BCUT2D eigenvalue weighted by molar-refractivity contribution is 1.00. The van der Waals surface area contributed by atoms with Crippen molar-refractivity contribution in [3.05, 3.63) is 35.2 Å². The van der Waals surface area contributed by atoms with Gasteiger partial charge in [0, 0.05) is 14.1 Å². The second kappa shape index (κ2) is 3.30. The van der Waals surface area contributed by atoms with E-state index in [4.69, 9.17) is 0 Å². The van der Waals surface area contributed by atoms with Crippen molar-refractivity contribution in [1.82, 2.24) is 0 Å². The van der Waals surface area contributed by atoms with Gasteiger partial charge in [-0.15, -0.1) is 0 Å². The Morgan fingerprint density at radius 1 is 1.07 bits per heavy atom. The summed E-state index contributed by atoms with van der Waals surface area (Å²) in [7, 11) is 4.27. The molecule has 0 aliphatic carbocycles. The molecule has 0 amide bonds. The van der Waals surface area contributed by atoms with Crippen LogP contribution in [0.4, 0.5) is 11.4 Å². The predicted octanol–water partition coefficient (Wildman–Crippen LogP) is 3.13. The number of allylic oxidation sites excluding steroid dienone is 1. The van der Waals surface area contributed by atoms with Crippen LogP contribution in [0.25, 0.3) is 0 Å². The van der Waals surface area contributed by atoms with Gasteiger partial charge in [-0.3, -0.25) is 0 Å². The van der Waals surface area contributed by atoms with Crippen molar-refractivity contribution >= 4 is 11.4 Å². The van der Waals surface area contributed by atoms with Gasteiger partial charge >= 0.3 is 0 Å². The van der Waals surface area contributed by atoms with Gasteiger partial charge in [0.05, 0.1) is 11.4 Å². The first-order valence-corrected chi connectivity index (χ1v) is 5.28. The number of rotatable bonds is 0. The van der Waals surface area contributed by atoms with Crippen LogP contribution < -0.4 is 9.80 Å². The molecule has 15 heavy (non-hydrogen) atoms. The molecule has 0 bridgehead atoms. The molecule has 0 aromatic heterocycles. The summed E-state index contributed by atoms with van der Waals surface area (Å²) in [6.45, 7) is 6.48. The molecule has 0 N–H and O–H groups in total. The molecular formula is C13H18N2. The minimum absolute atomic E-state index is 1.29. The van der Waals surface area contributed by atoms with Gasteiger partial charge in [-0.05, 0) is 38.0 Å². The van der Waals surface area contributed by atoms with E-state index in [2.05, 4.69) is 62.9 Å². The zero-order valence-electron chi connectivity index (χ0n) is 10.1. The molecule has 0 radical (unpaired) electrons. The van der Waals surface area contributed by atoms with E-state index in [-0.39, 0.29) is 0 Å². The summed E-state index contributed by atoms with van der Waals surface area (Å²) in [5.74, 6) is 1.29. The first-order chi connectivity index (χ1) is 7.04. The Morgan fingerprint density at radius 3 is 2.27 bits per heavy atom. The summed E-state index contributed by atoms with van der Waals surface area (Å²) in [5.41, 5.74) is 5.30. The number of hydrogen-bond acceptors (Lipinski definition) is 2. The van der Waals surface area contributed by atoms with E-state index in [0.29, 0.717) is 0 Å². The standard InChI is InChI=1S/C13H18N2/c1-9(2)13-14(4)11-8-6-7-10(3)12(11)15(13)5/h6-8H,1-5H3. The maximum absolute atomic E-state index is 2.28. The van der Waals surface area contributed by atoms with Crippen molar-refractivity contribution in [2.24, 2.45) is 0 Å². The molecule has 1 aromatic rings. The van der Waals surface area contributed by atoms with Crippen LogP contribution in [0.1, 0.15) is 19.4 Å². The molecule has 2 rings (SSSR count). The number of anilines is 2. The first-order valence-electron chi connectivity index (χ1n) is 5.28. The molecule has 2 heteroatoms. The van der Waals surface area contributed by atoms with Crippen molar-refractivity contribution in [3.63, 3.8) is 0 Å². The summed E-state index contributed by atoms with van der Waals surface area (Å²) < 4.78 is 0. The van der Waals surface area contributed by atoms with E-state index in [0.717, 1.165) is 0 Å². The Bertz CT molecular complexity index is 428. The molecule has 0 saturated heterocycles. The van der Waals surface area contributed by atoms with Crippen molar-refractivity contribution < 1.29 is 0 Å². The van der Waals surface area contributed by atoms with Gasteiger partial charge in [0.1, 0.15) is 5.82 Å². The van der Waals surface area contributed by atoms with Crippen LogP contribution >= 0.6 is 0 Å². The molecule has 80 valence electrons. The van der Waals surface area contributed by atoms with Crippen LogP contribution in [0, 0.1) is 6.92 Å². The largest absolute Gasteiger partial charge is 0.329 e. The van der Waals surface area contributed by atoms with Crippen LogP contribution in [-0.2, 0) is 0 Å². The highest BCUT2D eigenvalue weighted by atomic mass is 15.4. The summed E-state index contributed by atoms with van der Waals surface area (Å²) in [6, 6.07) is 6.46. The maximum Gasteiger partial charge on any atom is 0.111 e. The van der Waals surface area contributed by atoms with E-state index in [1.807, 2.05) is 0 Å². The Labute approximate surface area is 91.8 Å². The second-order valence-electron chi connectivity index (χ2n) is 4.38. The minimum atomic E-state index is 1.29. The predicted molar refractivity (Wildman–Crippen MR) is 66.4 cm³/mol. The molecule has 0 atom stereocenters. The summed E-state index contributed by atoms with van der Waals surface area (Å²) in [6.07, 6.45) is 0. The lowest BCUT2D eigenvalue weighted by Gasteiger charge is -2.20. The third-order valence-electron chi connectivity index (χ3n) is 3.00. The fourth-order valence-electron chi connectivity index (χ4n) is 2.47. The highest BCUT2D eigenvalue weighted by Gasteiger charge is 2.27.